The number of rotatable bonds is 8. The summed E-state index contributed by atoms with van der Waals surface area (Å²) in [5.74, 6) is -0.694. The molecule has 0 N–H and O–H groups in total. The number of halogens is 1. The molecule has 0 radical (unpaired) electrons. The van der Waals surface area contributed by atoms with Crippen LogP contribution in [0, 0.1) is 0 Å². The van der Waals surface area contributed by atoms with Gasteiger partial charge in [0, 0.05) is 17.1 Å². The van der Waals surface area contributed by atoms with Crippen molar-refractivity contribution < 1.29 is 19.1 Å². The van der Waals surface area contributed by atoms with E-state index >= 15 is 0 Å². The van der Waals surface area contributed by atoms with Crippen molar-refractivity contribution in [2.45, 2.75) is 19.6 Å². The van der Waals surface area contributed by atoms with Crippen molar-refractivity contribution in [3.63, 3.8) is 0 Å². The molecule has 1 aromatic heterocycles. The van der Waals surface area contributed by atoms with E-state index in [9.17, 15) is 9.59 Å². The monoisotopic (exact) mass is 453 g/mol. The van der Waals surface area contributed by atoms with Crippen molar-refractivity contribution in [3.8, 4) is 11.3 Å². The Hall–Kier alpha value is -3.16. The molecule has 2 aromatic carbocycles. The number of benzene rings is 2. The average molecular weight is 454 g/mol. The Labute approximate surface area is 191 Å². The zero-order chi connectivity index (χ0) is 22.5. The van der Waals surface area contributed by atoms with Crippen LogP contribution < -0.4 is 0 Å². The lowest BCUT2D eigenvalue weighted by Gasteiger charge is -2.32. The molecular formula is C24H24ClN3O4. The van der Waals surface area contributed by atoms with Gasteiger partial charge in [-0.05, 0) is 30.7 Å². The van der Waals surface area contributed by atoms with E-state index in [0.29, 0.717) is 36.2 Å². The molecule has 0 fully saturated rings. The SMILES string of the molecule is CCOC(=O)CN1CC(COCc2ccccc2)n2nc(-c3ccc(Cl)cc3)cc2C1=O. The highest BCUT2D eigenvalue weighted by Crippen LogP contribution is 2.28. The van der Waals surface area contributed by atoms with Crippen molar-refractivity contribution in [1.29, 1.82) is 0 Å². The summed E-state index contributed by atoms with van der Waals surface area (Å²) >= 11 is 6.00. The summed E-state index contributed by atoms with van der Waals surface area (Å²) in [6.07, 6.45) is 0. The van der Waals surface area contributed by atoms with Gasteiger partial charge in [0.2, 0.25) is 0 Å². The number of nitrogens with zero attached hydrogens (tertiary/aromatic N) is 3. The van der Waals surface area contributed by atoms with Gasteiger partial charge in [-0.15, -0.1) is 0 Å². The minimum Gasteiger partial charge on any atom is -0.465 e. The molecule has 166 valence electrons. The van der Waals surface area contributed by atoms with Crippen LogP contribution in [0.3, 0.4) is 0 Å². The fraction of sp³-hybridized carbons (Fsp3) is 0.292. The van der Waals surface area contributed by atoms with Crippen molar-refractivity contribution in [2.75, 3.05) is 26.3 Å². The summed E-state index contributed by atoms with van der Waals surface area (Å²) in [6, 6.07) is 18.7. The quantitative estimate of drug-likeness (QED) is 0.482. The zero-order valence-electron chi connectivity index (χ0n) is 17.7. The highest BCUT2D eigenvalue weighted by atomic mass is 35.5. The highest BCUT2D eigenvalue weighted by Gasteiger charge is 2.34. The molecule has 0 aliphatic carbocycles. The van der Waals surface area contributed by atoms with Crippen LogP contribution in [-0.2, 0) is 20.9 Å². The Morgan fingerprint density at radius 2 is 1.91 bits per heavy atom. The number of hydrogen-bond donors (Lipinski definition) is 0. The first-order chi connectivity index (χ1) is 15.5. The van der Waals surface area contributed by atoms with Gasteiger partial charge in [-0.2, -0.15) is 5.10 Å². The number of fused-ring (bicyclic) bond motifs is 1. The molecule has 1 unspecified atom stereocenters. The highest BCUT2D eigenvalue weighted by molar-refractivity contribution is 6.30. The summed E-state index contributed by atoms with van der Waals surface area (Å²) in [6.45, 7) is 3.00. The second-order valence-corrected chi connectivity index (χ2v) is 7.95. The second kappa shape index (κ2) is 9.97. The zero-order valence-corrected chi connectivity index (χ0v) is 18.5. The lowest BCUT2D eigenvalue weighted by Crippen LogP contribution is -2.47. The van der Waals surface area contributed by atoms with Crippen LogP contribution >= 0.6 is 11.6 Å². The largest absolute Gasteiger partial charge is 0.465 e. The third kappa shape index (κ3) is 5.00. The van der Waals surface area contributed by atoms with Gasteiger partial charge in [0.05, 0.1) is 31.6 Å². The fourth-order valence-corrected chi connectivity index (χ4v) is 3.81. The predicted octanol–water partition coefficient (Wildman–Crippen LogP) is 3.98. The van der Waals surface area contributed by atoms with Gasteiger partial charge >= 0.3 is 5.97 Å². The normalized spacial score (nSPS) is 15.5. The van der Waals surface area contributed by atoms with E-state index in [2.05, 4.69) is 5.10 Å². The van der Waals surface area contributed by atoms with Gasteiger partial charge in [-0.3, -0.25) is 14.3 Å². The summed E-state index contributed by atoms with van der Waals surface area (Å²) < 4.78 is 12.7. The maximum Gasteiger partial charge on any atom is 0.325 e. The Morgan fingerprint density at radius 1 is 1.16 bits per heavy atom. The topological polar surface area (TPSA) is 73.7 Å². The lowest BCUT2D eigenvalue weighted by atomic mass is 10.1. The number of aromatic nitrogens is 2. The summed E-state index contributed by atoms with van der Waals surface area (Å²) in [7, 11) is 0. The van der Waals surface area contributed by atoms with Gasteiger partial charge in [-0.25, -0.2) is 0 Å². The van der Waals surface area contributed by atoms with E-state index in [0.717, 1.165) is 11.1 Å². The fourth-order valence-electron chi connectivity index (χ4n) is 3.68. The number of esters is 1. The average Bonchev–Trinajstić information content (AvgIpc) is 3.24. The van der Waals surface area contributed by atoms with Gasteiger partial charge in [0.25, 0.3) is 5.91 Å². The lowest BCUT2D eigenvalue weighted by molar-refractivity contribution is -0.144. The smallest absolute Gasteiger partial charge is 0.325 e. The molecule has 2 heterocycles. The Balaban J connectivity index is 1.58. The molecule has 1 amide bonds. The molecule has 1 atom stereocenters. The number of amides is 1. The van der Waals surface area contributed by atoms with E-state index in [1.165, 1.54) is 4.90 Å². The van der Waals surface area contributed by atoms with E-state index < -0.39 is 5.97 Å². The number of hydrogen-bond acceptors (Lipinski definition) is 5. The van der Waals surface area contributed by atoms with Crippen molar-refractivity contribution >= 4 is 23.5 Å². The Kier molecular flexibility index (Phi) is 6.87. The minimum atomic E-state index is -0.435. The van der Waals surface area contributed by atoms with E-state index in [-0.39, 0.29) is 25.1 Å². The van der Waals surface area contributed by atoms with Crippen molar-refractivity contribution in [3.05, 3.63) is 76.9 Å². The molecule has 0 bridgehead atoms. The van der Waals surface area contributed by atoms with Gasteiger partial charge in [0.1, 0.15) is 12.2 Å². The third-order valence-electron chi connectivity index (χ3n) is 5.21. The minimum absolute atomic E-state index is 0.108. The molecule has 32 heavy (non-hydrogen) atoms. The third-order valence-corrected chi connectivity index (χ3v) is 5.46. The Bertz CT molecular complexity index is 1080. The molecule has 0 saturated heterocycles. The summed E-state index contributed by atoms with van der Waals surface area (Å²) in [4.78, 5) is 26.6. The molecule has 4 rings (SSSR count). The van der Waals surface area contributed by atoms with Gasteiger partial charge in [0.15, 0.2) is 0 Å². The second-order valence-electron chi connectivity index (χ2n) is 7.51. The maximum atomic E-state index is 13.1. The molecule has 7 nitrogen and oxygen atoms in total. The first-order valence-corrected chi connectivity index (χ1v) is 10.8. The van der Waals surface area contributed by atoms with Crippen LogP contribution in [-0.4, -0.2) is 52.9 Å². The Morgan fingerprint density at radius 3 is 2.62 bits per heavy atom. The first kappa shape index (κ1) is 22.0. The molecule has 3 aromatic rings. The van der Waals surface area contributed by atoms with Gasteiger partial charge in [-0.1, -0.05) is 54.1 Å². The number of ether oxygens (including phenoxy) is 2. The summed E-state index contributed by atoms with van der Waals surface area (Å²) in [5.41, 5.74) is 2.99. The van der Waals surface area contributed by atoms with Crippen LogP contribution in [0.2, 0.25) is 5.02 Å². The summed E-state index contributed by atoms with van der Waals surface area (Å²) in [5, 5.41) is 5.31. The van der Waals surface area contributed by atoms with E-state index in [4.69, 9.17) is 21.1 Å². The molecule has 1 aliphatic rings. The number of carbonyl (C=O) groups excluding carboxylic acids is 2. The van der Waals surface area contributed by atoms with Crippen LogP contribution in [0.5, 0.6) is 0 Å². The van der Waals surface area contributed by atoms with Crippen molar-refractivity contribution in [1.82, 2.24) is 14.7 Å². The van der Waals surface area contributed by atoms with Crippen LogP contribution in [0.15, 0.2) is 60.7 Å². The maximum absolute atomic E-state index is 13.1. The standard InChI is InChI=1S/C24H24ClN3O4/c1-2-32-23(29)14-27-13-20(16-31-15-17-6-4-3-5-7-17)28-22(24(27)30)12-21(26-28)18-8-10-19(25)11-9-18/h3-12,20H,2,13-16H2,1H3. The van der Waals surface area contributed by atoms with Crippen LogP contribution in [0.1, 0.15) is 29.0 Å². The predicted molar refractivity (Wildman–Crippen MR) is 120 cm³/mol. The van der Waals surface area contributed by atoms with Crippen LogP contribution in [0.4, 0.5) is 0 Å². The molecular weight excluding hydrogens is 430 g/mol. The molecule has 0 saturated carbocycles. The number of carbonyl (C=O) groups is 2. The van der Waals surface area contributed by atoms with Crippen LogP contribution in [0.25, 0.3) is 11.3 Å². The van der Waals surface area contributed by atoms with Crippen molar-refractivity contribution in [2.24, 2.45) is 0 Å². The van der Waals surface area contributed by atoms with E-state index in [1.54, 1.807) is 29.8 Å². The molecule has 1 aliphatic heterocycles. The first-order valence-electron chi connectivity index (χ1n) is 10.5. The molecule has 8 heteroatoms. The van der Waals surface area contributed by atoms with E-state index in [1.807, 2.05) is 42.5 Å². The van der Waals surface area contributed by atoms with Gasteiger partial charge < -0.3 is 14.4 Å². The molecule has 0 spiro atoms.